The van der Waals surface area contributed by atoms with E-state index in [-0.39, 0.29) is 23.7 Å². The second-order valence-corrected chi connectivity index (χ2v) is 7.65. The quantitative estimate of drug-likeness (QED) is 0.704. The molecule has 6 nitrogen and oxygen atoms in total. The number of halogens is 3. The van der Waals surface area contributed by atoms with Gasteiger partial charge in [-0.2, -0.15) is 13.2 Å². The summed E-state index contributed by atoms with van der Waals surface area (Å²) in [7, 11) is 0. The molecule has 0 saturated carbocycles. The molecule has 4 rings (SSSR count). The van der Waals surface area contributed by atoms with Gasteiger partial charge in [-0.15, -0.1) is 10.2 Å². The predicted molar refractivity (Wildman–Crippen MR) is 105 cm³/mol. The van der Waals surface area contributed by atoms with Crippen molar-refractivity contribution in [2.24, 2.45) is 5.73 Å². The summed E-state index contributed by atoms with van der Waals surface area (Å²) in [5.74, 6) is -0.347. The lowest BCUT2D eigenvalue weighted by atomic mass is 9.86. The Balaban J connectivity index is 1.52. The van der Waals surface area contributed by atoms with E-state index in [9.17, 15) is 18.0 Å². The van der Waals surface area contributed by atoms with Gasteiger partial charge in [-0.05, 0) is 48.9 Å². The number of alkyl halides is 3. The molecule has 0 aliphatic carbocycles. The van der Waals surface area contributed by atoms with Crippen molar-refractivity contribution in [1.82, 2.24) is 19.5 Å². The zero-order valence-corrected chi connectivity index (χ0v) is 16.4. The number of carbonyl (C=O) groups excluding carboxylic acids is 1. The number of rotatable bonds is 3. The fourth-order valence-corrected chi connectivity index (χ4v) is 3.97. The molecular weight excluding hydrogens is 395 g/mol. The first-order valence-corrected chi connectivity index (χ1v) is 9.81. The van der Waals surface area contributed by atoms with Crippen molar-refractivity contribution < 1.29 is 18.0 Å². The van der Waals surface area contributed by atoms with Gasteiger partial charge in [0, 0.05) is 25.3 Å². The molecule has 9 heteroatoms. The first-order chi connectivity index (χ1) is 14.3. The number of piperidine rings is 1. The highest BCUT2D eigenvalue weighted by molar-refractivity contribution is 5.91. The average Bonchev–Trinajstić information content (AvgIpc) is 3.16. The molecule has 1 fully saturated rings. The van der Waals surface area contributed by atoms with E-state index in [1.165, 1.54) is 12.1 Å². The van der Waals surface area contributed by atoms with Gasteiger partial charge in [-0.3, -0.25) is 9.20 Å². The van der Waals surface area contributed by atoms with Gasteiger partial charge >= 0.3 is 6.18 Å². The molecule has 2 aromatic heterocycles. The predicted octanol–water partition coefficient (Wildman–Crippen LogP) is 3.79. The van der Waals surface area contributed by atoms with Crippen LogP contribution >= 0.6 is 0 Å². The van der Waals surface area contributed by atoms with Crippen LogP contribution in [0.1, 0.15) is 59.0 Å². The van der Waals surface area contributed by atoms with E-state index in [1.807, 2.05) is 13.0 Å². The number of likely N-dealkylation sites (tertiary alicyclic amines) is 1. The minimum Gasteiger partial charge on any atom is -0.336 e. The largest absolute Gasteiger partial charge is 0.416 e. The van der Waals surface area contributed by atoms with Crippen molar-refractivity contribution in [2.75, 3.05) is 13.1 Å². The molecular formula is C21H22F3N5O. The maximum atomic E-state index is 13.3. The number of hydrogen-bond acceptors (Lipinski definition) is 4. The minimum absolute atomic E-state index is 0.182. The maximum absolute atomic E-state index is 13.3. The highest BCUT2D eigenvalue weighted by Gasteiger charge is 2.36. The van der Waals surface area contributed by atoms with E-state index in [1.54, 1.807) is 27.6 Å². The second kappa shape index (κ2) is 7.71. The van der Waals surface area contributed by atoms with Crippen LogP contribution in [-0.4, -0.2) is 38.5 Å². The Morgan fingerprint density at radius 1 is 1.13 bits per heavy atom. The SMILES string of the molecule is CC(N)c1ccc2nnc(C(=O)N3CCC(c4ccccc4C(F)(F)F)CC3)n2c1. The standard InChI is InChI=1S/C21H22F3N5O/c1-13(25)15-6-7-18-26-27-19(29(18)12-15)20(30)28-10-8-14(9-11-28)16-4-2-3-5-17(16)21(22,23)24/h2-7,12-14H,8-11,25H2,1H3. The summed E-state index contributed by atoms with van der Waals surface area (Å²) in [5, 5.41) is 8.06. The summed E-state index contributed by atoms with van der Waals surface area (Å²) >= 11 is 0. The molecule has 1 amide bonds. The first kappa shape index (κ1) is 20.3. The molecule has 30 heavy (non-hydrogen) atoms. The van der Waals surface area contributed by atoms with Gasteiger partial charge in [-0.25, -0.2) is 0 Å². The molecule has 0 bridgehead atoms. The van der Waals surface area contributed by atoms with Gasteiger partial charge in [0.2, 0.25) is 5.82 Å². The normalized spacial score (nSPS) is 16.8. The van der Waals surface area contributed by atoms with E-state index in [2.05, 4.69) is 10.2 Å². The Morgan fingerprint density at radius 3 is 2.50 bits per heavy atom. The third-order valence-electron chi connectivity index (χ3n) is 5.63. The Hall–Kier alpha value is -2.94. The third kappa shape index (κ3) is 3.77. The van der Waals surface area contributed by atoms with Crippen LogP contribution in [0.4, 0.5) is 13.2 Å². The van der Waals surface area contributed by atoms with Crippen molar-refractivity contribution in [1.29, 1.82) is 0 Å². The fourth-order valence-electron chi connectivity index (χ4n) is 3.97. The molecule has 1 aromatic carbocycles. The van der Waals surface area contributed by atoms with Crippen molar-refractivity contribution in [3.8, 4) is 0 Å². The number of nitrogens with two attached hydrogens (primary N) is 1. The Kier molecular flexibility index (Phi) is 5.23. The van der Waals surface area contributed by atoms with Gasteiger partial charge in [0.25, 0.3) is 5.91 Å². The van der Waals surface area contributed by atoms with Crippen LogP contribution in [0.5, 0.6) is 0 Å². The molecule has 3 aromatic rings. The van der Waals surface area contributed by atoms with Crippen molar-refractivity contribution in [2.45, 2.75) is 37.9 Å². The second-order valence-electron chi connectivity index (χ2n) is 7.65. The summed E-state index contributed by atoms with van der Waals surface area (Å²) in [6, 6.07) is 9.06. The van der Waals surface area contributed by atoms with Crippen LogP contribution in [0.15, 0.2) is 42.6 Å². The van der Waals surface area contributed by atoms with E-state index >= 15 is 0 Å². The van der Waals surface area contributed by atoms with Gasteiger partial charge in [0.1, 0.15) is 0 Å². The van der Waals surface area contributed by atoms with Crippen LogP contribution < -0.4 is 5.73 Å². The summed E-state index contributed by atoms with van der Waals surface area (Å²) in [5.41, 5.74) is 7.01. The number of nitrogens with zero attached hydrogens (tertiary/aromatic N) is 4. The molecule has 0 spiro atoms. The van der Waals surface area contributed by atoms with E-state index in [0.29, 0.717) is 37.1 Å². The molecule has 0 radical (unpaired) electrons. The molecule has 1 aliphatic rings. The lowest BCUT2D eigenvalue weighted by Gasteiger charge is -2.32. The fraction of sp³-hybridized carbons (Fsp3) is 0.381. The van der Waals surface area contributed by atoms with Gasteiger partial charge < -0.3 is 10.6 Å². The van der Waals surface area contributed by atoms with Gasteiger partial charge in [0.15, 0.2) is 5.65 Å². The topological polar surface area (TPSA) is 76.5 Å². The van der Waals surface area contributed by atoms with E-state index in [0.717, 1.165) is 11.6 Å². The molecule has 1 saturated heterocycles. The number of pyridine rings is 1. The summed E-state index contributed by atoms with van der Waals surface area (Å²) in [4.78, 5) is 14.6. The average molecular weight is 417 g/mol. The van der Waals surface area contributed by atoms with Crippen molar-refractivity contribution in [3.05, 3.63) is 65.1 Å². The van der Waals surface area contributed by atoms with Crippen molar-refractivity contribution in [3.63, 3.8) is 0 Å². The summed E-state index contributed by atoms with van der Waals surface area (Å²) in [6.45, 7) is 2.56. The van der Waals surface area contributed by atoms with Gasteiger partial charge in [0.05, 0.1) is 5.56 Å². The minimum atomic E-state index is -4.39. The summed E-state index contributed by atoms with van der Waals surface area (Å²) in [6.07, 6.45) is -1.72. The van der Waals surface area contributed by atoms with Crippen LogP contribution in [-0.2, 0) is 6.18 Å². The van der Waals surface area contributed by atoms with E-state index < -0.39 is 11.7 Å². The smallest absolute Gasteiger partial charge is 0.336 e. The zero-order valence-electron chi connectivity index (χ0n) is 16.4. The monoisotopic (exact) mass is 417 g/mol. The molecule has 1 unspecified atom stereocenters. The zero-order chi connectivity index (χ0) is 21.5. The first-order valence-electron chi connectivity index (χ1n) is 9.81. The Labute approximate surface area is 171 Å². The number of hydrogen-bond donors (Lipinski definition) is 1. The number of fused-ring (bicyclic) bond motifs is 1. The third-order valence-corrected chi connectivity index (χ3v) is 5.63. The Bertz CT molecular complexity index is 1070. The number of aromatic nitrogens is 3. The summed E-state index contributed by atoms with van der Waals surface area (Å²) < 4.78 is 41.6. The highest BCUT2D eigenvalue weighted by atomic mass is 19.4. The van der Waals surface area contributed by atoms with Crippen LogP contribution in [0.3, 0.4) is 0 Å². The van der Waals surface area contributed by atoms with Crippen molar-refractivity contribution >= 4 is 11.6 Å². The molecule has 2 N–H and O–H groups in total. The maximum Gasteiger partial charge on any atom is 0.416 e. The Morgan fingerprint density at radius 2 is 1.83 bits per heavy atom. The van der Waals surface area contributed by atoms with E-state index in [4.69, 9.17) is 5.73 Å². The molecule has 1 aliphatic heterocycles. The molecule has 3 heterocycles. The lowest BCUT2D eigenvalue weighted by Crippen LogP contribution is -2.39. The van der Waals surface area contributed by atoms with Gasteiger partial charge in [-0.1, -0.05) is 24.3 Å². The number of carbonyl (C=O) groups is 1. The number of amides is 1. The lowest BCUT2D eigenvalue weighted by molar-refractivity contribution is -0.138. The molecule has 1 atom stereocenters. The van der Waals surface area contributed by atoms with Crippen LogP contribution in [0, 0.1) is 0 Å². The van der Waals surface area contributed by atoms with Crippen LogP contribution in [0.2, 0.25) is 0 Å². The highest BCUT2D eigenvalue weighted by Crippen LogP contribution is 2.38. The number of benzene rings is 1. The van der Waals surface area contributed by atoms with Crippen LogP contribution in [0.25, 0.3) is 5.65 Å². The molecule has 158 valence electrons.